The van der Waals surface area contributed by atoms with Crippen LogP contribution >= 0.6 is 0 Å². The number of carbonyl (C=O) groups is 1. The Bertz CT molecular complexity index is 292. The summed E-state index contributed by atoms with van der Waals surface area (Å²) in [6.07, 6.45) is 15.1. The van der Waals surface area contributed by atoms with Gasteiger partial charge in [-0.1, -0.05) is 91.9 Å². The highest BCUT2D eigenvalue weighted by molar-refractivity contribution is 5.83. The van der Waals surface area contributed by atoms with E-state index in [2.05, 4.69) is 12.2 Å². The highest BCUT2D eigenvalue weighted by Gasteiger charge is 2.20. The van der Waals surface area contributed by atoms with Crippen molar-refractivity contribution in [2.24, 2.45) is 5.92 Å². The third-order valence-electron chi connectivity index (χ3n) is 4.83. The summed E-state index contributed by atoms with van der Waals surface area (Å²) >= 11 is 0. The van der Waals surface area contributed by atoms with E-state index in [1.165, 1.54) is 57.8 Å². The van der Waals surface area contributed by atoms with Gasteiger partial charge < -0.3 is 5.11 Å². The fraction of sp³-hybridized carbons (Fsp3) is 0.952. The number of nitrogens with one attached hydrogen (secondary N) is 1. The number of hydrogen-bond donors (Lipinski definition) is 2. The topological polar surface area (TPSA) is 49.3 Å². The summed E-state index contributed by atoms with van der Waals surface area (Å²) in [5.41, 5.74) is 0. The molecule has 2 atom stereocenters. The van der Waals surface area contributed by atoms with Gasteiger partial charge in [0.1, 0.15) is 12.0 Å². The molecule has 2 unspecified atom stereocenters. The van der Waals surface area contributed by atoms with E-state index in [0.717, 1.165) is 19.3 Å². The molecule has 144 valence electrons. The number of ketones is 1. The highest BCUT2D eigenvalue weighted by Crippen LogP contribution is 2.13. The van der Waals surface area contributed by atoms with E-state index >= 15 is 0 Å². The van der Waals surface area contributed by atoms with E-state index in [1.807, 2.05) is 20.8 Å². The van der Waals surface area contributed by atoms with E-state index in [1.54, 1.807) is 0 Å². The van der Waals surface area contributed by atoms with Crippen LogP contribution in [-0.2, 0) is 4.79 Å². The Morgan fingerprint density at radius 2 is 1.29 bits per heavy atom. The molecular weight excluding hydrogens is 298 g/mol. The highest BCUT2D eigenvalue weighted by atomic mass is 16.3. The Morgan fingerprint density at radius 3 is 1.71 bits per heavy atom. The van der Waals surface area contributed by atoms with Crippen molar-refractivity contribution in [2.45, 2.75) is 123 Å². The second-order valence-electron chi connectivity index (χ2n) is 7.57. The van der Waals surface area contributed by atoms with Gasteiger partial charge in [0.15, 0.2) is 0 Å². The van der Waals surface area contributed by atoms with Crippen LogP contribution in [0, 0.1) is 5.92 Å². The lowest BCUT2D eigenvalue weighted by molar-refractivity contribution is -0.122. The van der Waals surface area contributed by atoms with E-state index in [0.29, 0.717) is 6.42 Å². The molecule has 0 aromatic heterocycles. The lowest BCUT2D eigenvalue weighted by Crippen LogP contribution is -2.45. The average Bonchev–Trinajstić information content (AvgIpc) is 2.56. The predicted molar refractivity (Wildman–Crippen MR) is 104 cm³/mol. The number of carbonyl (C=O) groups excluding carboxylic acids is 1. The first-order chi connectivity index (χ1) is 11.5. The molecule has 3 nitrogen and oxygen atoms in total. The van der Waals surface area contributed by atoms with Crippen molar-refractivity contribution < 1.29 is 9.90 Å². The molecule has 0 rings (SSSR count). The number of aliphatic hydroxyl groups excluding tert-OH is 1. The van der Waals surface area contributed by atoms with Crippen molar-refractivity contribution in [3.63, 3.8) is 0 Å². The lowest BCUT2D eigenvalue weighted by Gasteiger charge is -2.22. The molecule has 24 heavy (non-hydrogen) atoms. The Balaban J connectivity index is 3.56. The number of hydrogen-bond acceptors (Lipinski definition) is 3. The molecule has 0 amide bonds. The zero-order chi connectivity index (χ0) is 18.2. The molecule has 3 heteroatoms. The van der Waals surface area contributed by atoms with Crippen molar-refractivity contribution in [1.82, 2.24) is 5.32 Å². The van der Waals surface area contributed by atoms with Gasteiger partial charge in [0, 0.05) is 6.42 Å². The number of aliphatic hydroxyl groups is 1. The van der Waals surface area contributed by atoms with Gasteiger partial charge >= 0.3 is 0 Å². The summed E-state index contributed by atoms with van der Waals surface area (Å²) in [5, 5.41) is 12.9. The predicted octanol–water partition coefficient (Wildman–Crippen LogP) is 5.60. The molecule has 0 aromatic rings. The lowest BCUT2D eigenvalue weighted by atomic mass is 10.0. The van der Waals surface area contributed by atoms with Crippen molar-refractivity contribution >= 4 is 5.78 Å². The first-order valence-corrected chi connectivity index (χ1v) is 10.5. The molecule has 0 radical (unpaired) electrons. The maximum atomic E-state index is 12.2. The molecule has 0 aliphatic carbocycles. The van der Waals surface area contributed by atoms with Gasteiger partial charge in [-0.2, -0.15) is 0 Å². The van der Waals surface area contributed by atoms with Gasteiger partial charge in [0.2, 0.25) is 0 Å². The van der Waals surface area contributed by atoms with Crippen LogP contribution in [-0.4, -0.2) is 23.2 Å². The minimum absolute atomic E-state index is 0.133. The maximum absolute atomic E-state index is 12.2. The zero-order valence-corrected chi connectivity index (χ0v) is 16.8. The summed E-state index contributed by atoms with van der Waals surface area (Å²) in [7, 11) is 0. The monoisotopic (exact) mass is 341 g/mol. The Hall–Kier alpha value is -0.410. The third-order valence-corrected chi connectivity index (χ3v) is 4.83. The SMILES string of the molecule is CCCCCCCCCCCCCC(=O)C(CC)NC(O)C(C)C. The van der Waals surface area contributed by atoms with Crippen LogP contribution in [0.25, 0.3) is 0 Å². The van der Waals surface area contributed by atoms with Crippen molar-refractivity contribution in [2.75, 3.05) is 0 Å². The van der Waals surface area contributed by atoms with Crippen molar-refractivity contribution in [3.8, 4) is 0 Å². The van der Waals surface area contributed by atoms with Gasteiger partial charge in [0.05, 0.1) is 6.04 Å². The van der Waals surface area contributed by atoms with Crippen molar-refractivity contribution in [3.05, 3.63) is 0 Å². The summed E-state index contributed by atoms with van der Waals surface area (Å²) < 4.78 is 0. The molecule has 0 saturated carbocycles. The molecule has 0 aromatic carbocycles. The second kappa shape index (κ2) is 16.1. The van der Waals surface area contributed by atoms with Crippen LogP contribution in [0.3, 0.4) is 0 Å². The van der Waals surface area contributed by atoms with Gasteiger partial charge in [-0.05, 0) is 18.8 Å². The van der Waals surface area contributed by atoms with Crippen LogP contribution in [0.5, 0.6) is 0 Å². The van der Waals surface area contributed by atoms with Crippen LogP contribution in [0.4, 0.5) is 0 Å². The van der Waals surface area contributed by atoms with Gasteiger partial charge in [-0.3, -0.25) is 10.1 Å². The zero-order valence-electron chi connectivity index (χ0n) is 16.8. The van der Waals surface area contributed by atoms with Crippen molar-refractivity contribution in [1.29, 1.82) is 0 Å². The fourth-order valence-electron chi connectivity index (χ4n) is 2.97. The quantitative estimate of drug-likeness (QED) is 0.267. The molecule has 0 heterocycles. The molecule has 0 aliphatic heterocycles. The third kappa shape index (κ3) is 12.9. The first kappa shape index (κ1) is 23.6. The number of rotatable bonds is 17. The Morgan fingerprint density at radius 1 is 0.833 bits per heavy atom. The van der Waals surface area contributed by atoms with Crippen LogP contribution in [0.2, 0.25) is 0 Å². The van der Waals surface area contributed by atoms with Gasteiger partial charge in [0.25, 0.3) is 0 Å². The molecule has 0 bridgehead atoms. The normalized spacial score (nSPS) is 14.1. The second-order valence-corrected chi connectivity index (χ2v) is 7.57. The smallest absolute Gasteiger partial charge is 0.149 e. The number of Topliss-reactive ketones (excluding diaryl/α,β-unsaturated/α-hetero) is 1. The van der Waals surface area contributed by atoms with Crippen LogP contribution < -0.4 is 5.32 Å². The van der Waals surface area contributed by atoms with Crippen LogP contribution in [0.1, 0.15) is 111 Å². The maximum Gasteiger partial charge on any atom is 0.149 e. The molecule has 0 fully saturated rings. The Kier molecular flexibility index (Phi) is 15.8. The minimum Gasteiger partial charge on any atom is -0.378 e. The van der Waals surface area contributed by atoms with Gasteiger partial charge in [-0.15, -0.1) is 0 Å². The summed E-state index contributed by atoms with van der Waals surface area (Å²) in [6, 6.07) is -0.189. The average molecular weight is 342 g/mol. The molecular formula is C21H43NO2. The molecule has 0 aliphatic rings. The molecule has 0 saturated heterocycles. The summed E-state index contributed by atoms with van der Waals surface area (Å²) in [5.74, 6) is 0.391. The Labute approximate surface area is 151 Å². The molecule has 2 N–H and O–H groups in total. The van der Waals surface area contributed by atoms with E-state index in [-0.39, 0.29) is 17.7 Å². The van der Waals surface area contributed by atoms with E-state index in [4.69, 9.17) is 0 Å². The largest absolute Gasteiger partial charge is 0.378 e. The molecule has 0 spiro atoms. The summed E-state index contributed by atoms with van der Waals surface area (Å²) in [4.78, 5) is 12.2. The number of unbranched alkanes of at least 4 members (excludes halogenated alkanes) is 10. The van der Waals surface area contributed by atoms with Crippen LogP contribution in [0.15, 0.2) is 0 Å². The standard InChI is InChI=1S/C21H43NO2/c1-5-7-8-9-10-11-12-13-14-15-16-17-20(23)19(6-2)22-21(24)18(3)4/h18-19,21-22,24H,5-17H2,1-4H3. The first-order valence-electron chi connectivity index (χ1n) is 10.5. The minimum atomic E-state index is -0.587. The fourth-order valence-corrected chi connectivity index (χ4v) is 2.97. The summed E-state index contributed by atoms with van der Waals surface area (Å²) in [6.45, 7) is 8.18. The van der Waals surface area contributed by atoms with E-state index < -0.39 is 6.23 Å². The van der Waals surface area contributed by atoms with E-state index in [9.17, 15) is 9.90 Å². The van der Waals surface area contributed by atoms with Gasteiger partial charge in [-0.25, -0.2) is 0 Å².